The van der Waals surface area contributed by atoms with Gasteiger partial charge >= 0.3 is 0 Å². The third kappa shape index (κ3) is 4.66. The SMILES string of the molecule is O=C(NCc1ccc(C#CCO)s1)C1CCCCCC1. The topological polar surface area (TPSA) is 49.3 Å². The van der Waals surface area contributed by atoms with Crippen LogP contribution < -0.4 is 5.32 Å². The maximum absolute atomic E-state index is 12.1. The first-order valence-electron chi connectivity index (χ1n) is 7.26. The number of hydrogen-bond donors (Lipinski definition) is 2. The van der Waals surface area contributed by atoms with Crippen LogP contribution in [0.1, 0.15) is 48.3 Å². The molecule has 1 heterocycles. The molecule has 0 aliphatic heterocycles. The molecule has 1 fully saturated rings. The van der Waals surface area contributed by atoms with E-state index in [4.69, 9.17) is 5.11 Å². The van der Waals surface area contributed by atoms with Gasteiger partial charge < -0.3 is 10.4 Å². The summed E-state index contributed by atoms with van der Waals surface area (Å²) in [4.78, 5) is 14.2. The van der Waals surface area contributed by atoms with Gasteiger partial charge in [0.25, 0.3) is 0 Å². The van der Waals surface area contributed by atoms with Gasteiger partial charge in [0.15, 0.2) is 0 Å². The van der Waals surface area contributed by atoms with Gasteiger partial charge in [0.2, 0.25) is 5.91 Å². The van der Waals surface area contributed by atoms with Crippen molar-refractivity contribution in [3.63, 3.8) is 0 Å². The molecule has 1 saturated carbocycles. The van der Waals surface area contributed by atoms with Crippen molar-refractivity contribution in [3.05, 3.63) is 21.9 Å². The molecule has 3 nitrogen and oxygen atoms in total. The lowest BCUT2D eigenvalue weighted by molar-refractivity contribution is -0.125. The van der Waals surface area contributed by atoms with E-state index in [9.17, 15) is 4.79 Å². The number of hydrogen-bond acceptors (Lipinski definition) is 3. The van der Waals surface area contributed by atoms with E-state index < -0.39 is 0 Å². The first-order chi connectivity index (χ1) is 9.79. The summed E-state index contributed by atoms with van der Waals surface area (Å²) >= 11 is 1.57. The number of nitrogens with one attached hydrogen (secondary N) is 1. The van der Waals surface area contributed by atoms with Crippen molar-refractivity contribution in [2.75, 3.05) is 6.61 Å². The van der Waals surface area contributed by atoms with Gasteiger partial charge in [-0.2, -0.15) is 0 Å². The zero-order chi connectivity index (χ0) is 14.2. The van der Waals surface area contributed by atoms with Crippen molar-refractivity contribution in [2.45, 2.75) is 45.1 Å². The zero-order valence-electron chi connectivity index (χ0n) is 11.7. The lowest BCUT2D eigenvalue weighted by atomic mass is 9.99. The summed E-state index contributed by atoms with van der Waals surface area (Å²) in [6, 6.07) is 3.92. The van der Waals surface area contributed by atoms with Gasteiger partial charge in [-0.1, -0.05) is 37.5 Å². The van der Waals surface area contributed by atoms with Gasteiger partial charge in [0.1, 0.15) is 6.61 Å². The molecule has 0 atom stereocenters. The van der Waals surface area contributed by atoms with Crippen molar-refractivity contribution < 1.29 is 9.90 Å². The number of rotatable bonds is 3. The fraction of sp³-hybridized carbons (Fsp3) is 0.562. The highest BCUT2D eigenvalue weighted by atomic mass is 32.1. The van der Waals surface area contributed by atoms with Gasteiger partial charge in [-0.3, -0.25) is 4.79 Å². The Balaban J connectivity index is 1.81. The summed E-state index contributed by atoms with van der Waals surface area (Å²) in [7, 11) is 0. The Kier molecular flexibility index (Phi) is 6.10. The number of thiophene rings is 1. The number of aliphatic hydroxyl groups is 1. The van der Waals surface area contributed by atoms with Crippen LogP contribution in [-0.4, -0.2) is 17.6 Å². The Labute approximate surface area is 124 Å². The molecule has 1 aromatic rings. The Hall–Kier alpha value is -1.31. The Morgan fingerprint density at radius 3 is 2.75 bits per heavy atom. The number of aliphatic hydroxyl groups excluding tert-OH is 1. The first-order valence-corrected chi connectivity index (χ1v) is 8.07. The van der Waals surface area contributed by atoms with Gasteiger partial charge in [0.05, 0.1) is 11.4 Å². The predicted octanol–water partition coefficient (Wildman–Crippen LogP) is 2.68. The van der Waals surface area contributed by atoms with Crippen LogP contribution in [0.25, 0.3) is 0 Å². The lowest BCUT2D eigenvalue weighted by Gasteiger charge is -2.13. The van der Waals surface area contributed by atoms with Crippen LogP contribution in [-0.2, 0) is 11.3 Å². The van der Waals surface area contributed by atoms with E-state index in [1.165, 1.54) is 25.7 Å². The van der Waals surface area contributed by atoms with Crippen LogP contribution in [0.3, 0.4) is 0 Å². The largest absolute Gasteiger partial charge is 0.384 e. The van der Waals surface area contributed by atoms with E-state index >= 15 is 0 Å². The van der Waals surface area contributed by atoms with Gasteiger partial charge in [0, 0.05) is 10.8 Å². The van der Waals surface area contributed by atoms with Crippen molar-refractivity contribution in [1.82, 2.24) is 5.32 Å². The number of amides is 1. The smallest absolute Gasteiger partial charge is 0.223 e. The summed E-state index contributed by atoms with van der Waals surface area (Å²) in [6.07, 6.45) is 6.95. The molecule has 108 valence electrons. The summed E-state index contributed by atoms with van der Waals surface area (Å²) < 4.78 is 0. The van der Waals surface area contributed by atoms with Crippen LogP contribution in [0.5, 0.6) is 0 Å². The number of carbonyl (C=O) groups is 1. The standard InChI is InChI=1S/C16H21NO2S/c18-11-5-8-14-9-10-15(20-14)12-17-16(19)13-6-3-1-2-4-7-13/h9-10,13,18H,1-4,6-7,11-12H2,(H,17,19). The molecule has 2 N–H and O–H groups in total. The quantitative estimate of drug-likeness (QED) is 0.664. The van der Waals surface area contributed by atoms with E-state index in [2.05, 4.69) is 17.2 Å². The minimum absolute atomic E-state index is 0.119. The van der Waals surface area contributed by atoms with Gasteiger partial charge in [-0.25, -0.2) is 0 Å². The highest BCUT2D eigenvalue weighted by Gasteiger charge is 2.19. The van der Waals surface area contributed by atoms with Gasteiger partial charge in [-0.05, 0) is 25.0 Å². The Morgan fingerprint density at radius 2 is 2.05 bits per heavy atom. The van der Waals surface area contributed by atoms with Crippen molar-refractivity contribution >= 4 is 17.2 Å². The van der Waals surface area contributed by atoms with Crippen LogP contribution >= 0.6 is 11.3 Å². The van der Waals surface area contributed by atoms with Crippen molar-refractivity contribution in [3.8, 4) is 11.8 Å². The van der Waals surface area contributed by atoms with Crippen molar-refractivity contribution in [2.24, 2.45) is 5.92 Å². The molecule has 0 spiro atoms. The molecule has 0 unspecified atom stereocenters. The molecule has 1 amide bonds. The minimum Gasteiger partial charge on any atom is -0.384 e. The molecule has 4 heteroatoms. The second kappa shape index (κ2) is 8.08. The molecule has 0 bridgehead atoms. The fourth-order valence-corrected chi connectivity index (χ4v) is 3.35. The molecule has 0 aromatic carbocycles. The van der Waals surface area contributed by atoms with E-state index in [-0.39, 0.29) is 18.4 Å². The second-order valence-electron chi connectivity index (χ2n) is 5.13. The molecule has 1 aliphatic carbocycles. The van der Waals surface area contributed by atoms with Crippen LogP contribution in [0.15, 0.2) is 12.1 Å². The maximum Gasteiger partial charge on any atom is 0.223 e. The highest BCUT2D eigenvalue weighted by molar-refractivity contribution is 7.12. The Morgan fingerprint density at radius 1 is 1.30 bits per heavy atom. The van der Waals surface area contributed by atoms with E-state index in [0.29, 0.717) is 6.54 Å². The van der Waals surface area contributed by atoms with E-state index in [1.807, 2.05) is 12.1 Å². The summed E-state index contributed by atoms with van der Waals surface area (Å²) in [5, 5.41) is 11.7. The lowest BCUT2D eigenvalue weighted by Crippen LogP contribution is -2.29. The van der Waals surface area contributed by atoms with Crippen LogP contribution in [0.4, 0.5) is 0 Å². The first kappa shape index (κ1) is 15.1. The fourth-order valence-electron chi connectivity index (χ4n) is 2.53. The molecule has 1 aliphatic rings. The molecule has 0 saturated heterocycles. The van der Waals surface area contributed by atoms with Crippen LogP contribution in [0.2, 0.25) is 0 Å². The molecule has 2 rings (SSSR count). The maximum atomic E-state index is 12.1. The Bertz CT molecular complexity index is 490. The third-order valence-electron chi connectivity index (χ3n) is 3.62. The van der Waals surface area contributed by atoms with Gasteiger partial charge in [-0.15, -0.1) is 11.3 Å². The van der Waals surface area contributed by atoms with Crippen LogP contribution in [0, 0.1) is 17.8 Å². The summed E-state index contributed by atoms with van der Waals surface area (Å²) in [6.45, 7) is 0.465. The number of carbonyl (C=O) groups excluding carboxylic acids is 1. The molecule has 20 heavy (non-hydrogen) atoms. The average Bonchev–Trinajstić information content (AvgIpc) is 2.73. The summed E-state index contributed by atoms with van der Waals surface area (Å²) in [5.74, 6) is 5.91. The molecule has 1 aromatic heterocycles. The monoisotopic (exact) mass is 291 g/mol. The van der Waals surface area contributed by atoms with E-state index in [0.717, 1.165) is 22.6 Å². The van der Waals surface area contributed by atoms with Crippen molar-refractivity contribution in [1.29, 1.82) is 0 Å². The molecule has 0 radical (unpaired) electrons. The normalized spacial score (nSPS) is 16.1. The molecular weight excluding hydrogens is 270 g/mol. The highest BCUT2D eigenvalue weighted by Crippen LogP contribution is 2.23. The zero-order valence-corrected chi connectivity index (χ0v) is 12.5. The summed E-state index contributed by atoms with van der Waals surface area (Å²) in [5.41, 5.74) is 0. The average molecular weight is 291 g/mol. The second-order valence-corrected chi connectivity index (χ2v) is 6.30. The minimum atomic E-state index is -0.119. The molecular formula is C16H21NO2S. The van der Waals surface area contributed by atoms with E-state index in [1.54, 1.807) is 11.3 Å². The third-order valence-corrected chi connectivity index (χ3v) is 4.62. The predicted molar refractivity (Wildman–Crippen MR) is 81.3 cm³/mol.